The molecule has 0 fully saturated rings. The molecule has 2 aromatic rings. The van der Waals surface area contributed by atoms with Crippen molar-refractivity contribution in [1.82, 2.24) is 9.91 Å². The summed E-state index contributed by atoms with van der Waals surface area (Å²) in [5.74, 6) is 1.68. The normalized spacial score (nSPS) is 17.5. The molecule has 5 rings (SSSR count). The number of benzene rings is 2. The largest absolute Gasteiger partial charge is 0.457 e. The quantitative estimate of drug-likeness (QED) is 0.551. The van der Waals surface area contributed by atoms with E-state index in [9.17, 15) is 0 Å². The summed E-state index contributed by atoms with van der Waals surface area (Å²) in [6.07, 6.45) is 13.9. The van der Waals surface area contributed by atoms with E-state index in [-0.39, 0.29) is 5.41 Å². The number of anilines is 2. The van der Waals surface area contributed by atoms with E-state index in [1.165, 1.54) is 16.8 Å². The molecule has 0 N–H and O–H groups in total. The van der Waals surface area contributed by atoms with Crippen molar-refractivity contribution in [2.75, 3.05) is 30.7 Å². The van der Waals surface area contributed by atoms with Gasteiger partial charge in [0.2, 0.25) is 0 Å². The number of hydrogen-bond donors (Lipinski definition) is 0. The minimum Gasteiger partial charge on any atom is -0.457 e. The first-order chi connectivity index (χ1) is 15.8. The second-order valence-corrected chi connectivity index (χ2v) is 9.94. The van der Waals surface area contributed by atoms with Crippen molar-refractivity contribution in [3.63, 3.8) is 0 Å². The van der Waals surface area contributed by atoms with Crippen LogP contribution in [0.4, 0.5) is 11.4 Å². The van der Waals surface area contributed by atoms with Crippen LogP contribution in [0, 0.1) is 0 Å². The number of hydrogen-bond acceptors (Lipinski definition) is 5. The number of hydrazine groups is 1. The summed E-state index contributed by atoms with van der Waals surface area (Å²) in [5, 5.41) is 4.37. The van der Waals surface area contributed by atoms with Crippen LogP contribution < -0.4 is 14.6 Å². The van der Waals surface area contributed by atoms with E-state index in [2.05, 4.69) is 128 Å². The summed E-state index contributed by atoms with van der Waals surface area (Å²) in [7, 11) is 4.18. The molecule has 0 saturated heterocycles. The standard InChI is InChI=1S/C28H32N4O/c1-28(2,3)22-15-24(31-14-13-29(4)20-31)18-26(16-22)33-25-11-8-10-23(17-25)32-19-21-9-6-7-12-27(21)30(32)5/h6-8,10-19H,9,20H2,1-5H3. The molecule has 2 aliphatic heterocycles. The Morgan fingerprint density at radius 3 is 2.45 bits per heavy atom. The minimum absolute atomic E-state index is 0.0216. The van der Waals surface area contributed by atoms with Gasteiger partial charge in [0.15, 0.2) is 0 Å². The number of likely N-dealkylation sites (N-methyl/N-ethyl adjacent to an activating group) is 1. The lowest BCUT2D eigenvalue weighted by molar-refractivity contribution is 0.449. The Balaban J connectivity index is 1.44. The van der Waals surface area contributed by atoms with Gasteiger partial charge in [0.25, 0.3) is 0 Å². The molecule has 0 spiro atoms. The Morgan fingerprint density at radius 1 is 0.909 bits per heavy atom. The molecule has 2 heterocycles. The molecule has 0 saturated carbocycles. The second kappa shape index (κ2) is 8.07. The van der Waals surface area contributed by atoms with Gasteiger partial charge < -0.3 is 14.5 Å². The maximum absolute atomic E-state index is 6.44. The molecule has 0 amide bonds. The lowest BCUT2D eigenvalue weighted by atomic mass is 9.86. The Bertz CT molecular complexity index is 1180. The maximum atomic E-state index is 6.44. The van der Waals surface area contributed by atoms with Gasteiger partial charge in [0, 0.05) is 50.5 Å². The molecular formula is C28H32N4O. The van der Waals surface area contributed by atoms with Crippen LogP contribution in [-0.4, -0.2) is 30.7 Å². The molecule has 170 valence electrons. The lowest BCUT2D eigenvalue weighted by Gasteiger charge is -2.28. The van der Waals surface area contributed by atoms with Gasteiger partial charge >= 0.3 is 0 Å². The predicted molar refractivity (Wildman–Crippen MR) is 136 cm³/mol. The number of fused-ring (bicyclic) bond motifs is 1. The monoisotopic (exact) mass is 440 g/mol. The molecule has 3 aliphatic rings. The molecule has 0 atom stereocenters. The summed E-state index contributed by atoms with van der Waals surface area (Å²) in [6.45, 7) is 7.55. The Hall–Kier alpha value is -3.60. The summed E-state index contributed by atoms with van der Waals surface area (Å²) in [5.41, 5.74) is 6.07. The molecule has 2 aromatic carbocycles. The van der Waals surface area contributed by atoms with Crippen molar-refractivity contribution in [3.05, 3.63) is 96.1 Å². The summed E-state index contributed by atoms with van der Waals surface area (Å²) < 4.78 is 6.44. The summed E-state index contributed by atoms with van der Waals surface area (Å²) in [4.78, 5) is 4.41. The van der Waals surface area contributed by atoms with Gasteiger partial charge in [-0.2, -0.15) is 0 Å². The molecule has 1 aliphatic carbocycles. The van der Waals surface area contributed by atoms with Gasteiger partial charge in [0.05, 0.1) is 18.1 Å². The highest BCUT2D eigenvalue weighted by Crippen LogP contribution is 2.37. The number of nitrogens with zero attached hydrogens (tertiary/aromatic N) is 4. The van der Waals surface area contributed by atoms with Crippen LogP contribution in [0.3, 0.4) is 0 Å². The number of ether oxygens (including phenoxy) is 1. The topological polar surface area (TPSA) is 22.2 Å². The van der Waals surface area contributed by atoms with Crippen LogP contribution in [0.25, 0.3) is 0 Å². The van der Waals surface area contributed by atoms with Crippen LogP contribution in [0.15, 0.2) is 90.6 Å². The average molecular weight is 441 g/mol. The van der Waals surface area contributed by atoms with E-state index in [0.717, 1.165) is 36.0 Å². The highest BCUT2D eigenvalue weighted by atomic mass is 16.5. The van der Waals surface area contributed by atoms with Crippen molar-refractivity contribution in [2.45, 2.75) is 32.6 Å². The van der Waals surface area contributed by atoms with Gasteiger partial charge in [-0.3, -0.25) is 10.0 Å². The first-order valence-electron chi connectivity index (χ1n) is 11.5. The van der Waals surface area contributed by atoms with E-state index in [1.54, 1.807) is 0 Å². The molecule has 0 unspecified atom stereocenters. The molecule has 33 heavy (non-hydrogen) atoms. The predicted octanol–water partition coefficient (Wildman–Crippen LogP) is 6.35. The van der Waals surface area contributed by atoms with E-state index in [0.29, 0.717) is 0 Å². The van der Waals surface area contributed by atoms with Crippen LogP contribution >= 0.6 is 0 Å². The fourth-order valence-electron chi connectivity index (χ4n) is 4.36. The van der Waals surface area contributed by atoms with Crippen molar-refractivity contribution in [3.8, 4) is 11.5 Å². The zero-order valence-electron chi connectivity index (χ0n) is 20.1. The van der Waals surface area contributed by atoms with Crippen LogP contribution in [0.1, 0.15) is 32.8 Å². The van der Waals surface area contributed by atoms with Gasteiger partial charge in [-0.25, -0.2) is 0 Å². The minimum atomic E-state index is 0.0216. The van der Waals surface area contributed by atoms with E-state index < -0.39 is 0 Å². The van der Waals surface area contributed by atoms with Crippen LogP contribution in [0.5, 0.6) is 11.5 Å². The third kappa shape index (κ3) is 4.23. The Kier molecular flexibility index (Phi) is 5.20. The van der Waals surface area contributed by atoms with Gasteiger partial charge in [0.1, 0.15) is 11.5 Å². The SMILES string of the molecule is CN1C=CN(c2cc(Oc3cccc(N4C=C5CC=CC=C5N4C)c3)cc(C(C)(C)C)c2)C1. The zero-order chi connectivity index (χ0) is 23.2. The highest BCUT2D eigenvalue weighted by Gasteiger charge is 2.25. The zero-order valence-corrected chi connectivity index (χ0v) is 20.1. The summed E-state index contributed by atoms with van der Waals surface area (Å²) in [6, 6.07) is 14.8. The lowest BCUT2D eigenvalue weighted by Crippen LogP contribution is -2.30. The molecule has 0 aromatic heterocycles. The van der Waals surface area contributed by atoms with Crippen molar-refractivity contribution in [1.29, 1.82) is 0 Å². The van der Waals surface area contributed by atoms with E-state index in [1.807, 2.05) is 6.07 Å². The first-order valence-corrected chi connectivity index (χ1v) is 11.5. The van der Waals surface area contributed by atoms with Gasteiger partial charge in [-0.1, -0.05) is 39.0 Å². The van der Waals surface area contributed by atoms with E-state index >= 15 is 0 Å². The van der Waals surface area contributed by atoms with Gasteiger partial charge in [-0.15, -0.1) is 0 Å². The van der Waals surface area contributed by atoms with Crippen molar-refractivity contribution in [2.24, 2.45) is 0 Å². The number of allylic oxidation sites excluding steroid dienone is 4. The van der Waals surface area contributed by atoms with Crippen molar-refractivity contribution >= 4 is 11.4 Å². The van der Waals surface area contributed by atoms with E-state index in [4.69, 9.17) is 4.74 Å². The molecule has 5 nitrogen and oxygen atoms in total. The third-order valence-electron chi connectivity index (χ3n) is 6.29. The fraction of sp³-hybridized carbons (Fsp3) is 0.286. The molecule has 0 bridgehead atoms. The smallest absolute Gasteiger partial charge is 0.129 e. The van der Waals surface area contributed by atoms with Crippen LogP contribution in [-0.2, 0) is 5.41 Å². The van der Waals surface area contributed by atoms with Gasteiger partial charge in [-0.05, 0) is 53.3 Å². The Morgan fingerprint density at radius 2 is 1.73 bits per heavy atom. The molecule has 0 radical (unpaired) electrons. The molecule has 5 heteroatoms. The fourth-order valence-corrected chi connectivity index (χ4v) is 4.36. The average Bonchev–Trinajstić information content (AvgIpc) is 3.37. The van der Waals surface area contributed by atoms with Crippen LogP contribution in [0.2, 0.25) is 0 Å². The first kappa shape index (κ1) is 21.3. The third-order valence-corrected chi connectivity index (χ3v) is 6.29. The maximum Gasteiger partial charge on any atom is 0.129 e. The second-order valence-electron chi connectivity index (χ2n) is 9.94. The number of rotatable bonds is 4. The molecular weight excluding hydrogens is 408 g/mol. The van der Waals surface area contributed by atoms with Crippen molar-refractivity contribution < 1.29 is 4.74 Å². The summed E-state index contributed by atoms with van der Waals surface area (Å²) >= 11 is 0. The highest BCUT2D eigenvalue weighted by molar-refractivity contribution is 5.61. The Labute approximate surface area is 197 Å².